The number of hydrogen-bond acceptors (Lipinski definition) is 5. The van der Waals surface area contributed by atoms with Gasteiger partial charge in [-0.25, -0.2) is 9.18 Å². The summed E-state index contributed by atoms with van der Waals surface area (Å²) in [6.45, 7) is 14.5. The summed E-state index contributed by atoms with van der Waals surface area (Å²) < 4.78 is 28.3. The van der Waals surface area contributed by atoms with Crippen molar-refractivity contribution in [2.45, 2.75) is 80.0 Å². The first-order valence-corrected chi connectivity index (χ1v) is 12.6. The van der Waals surface area contributed by atoms with Crippen LogP contribution in [0.2, 0.25) is 0 Å². The molecule has 3 rings (SSSR count). The lowest BCUT2D eigenvalue weighted by Gasteiger charge is -2.20. The second-order valence-electron chi connectivity index (χ2n) is 9.43. The molecule has 2 aromatic carbocycles. The van der Waals surface area contributed by atoms with Crippen molar-refractivity contribution >= 4 is 5.97 Å². The molecule has 36 heavy (non-hydrogen) atoms. The first-order valence-electron chi connectivity index (χ1n) is 12.6. The lowest BCUT2D eigenvalue weighted by atomic mass is 9.98. The van der Waals surface area contributed by atoms with Gasteiger partial charge in [-0.3, -0.25) is 4.57 Å². The molecule has 0 aliphatic heterocycles. The van der Waals surface area contributed by atoms with Crippen LogP contribution in [0.5, 0.6) is 6.01 Å². The highest BCUT2D eigenvalue weighted by Gasteiger charge is 2.22. The van der Waals surface area contributed by atoms with Gasteiger partial charge in [-0.05, 0) is 57.4 Å². The number of imidazole rings is 1. The Morgan fingerprint density at radius 1 is 1.08 bits per heavy atom. The minimum atomic E-state index is -0.625. The van der Waals surface area contributed by atoms with Crippen LogP contribution in [-0.2, 0) is 24.2 Å². The van der Waals surface area contributed by atoms with E-state index >= 15 is 4.39 Å². The van der Waals surface area contributed by atoms with Crippen LogP contribution >= 0.6 is 0 Å². The van der Waals surface area contributed by atoms with E-state index in [1.54, 1.807) is 24.3 Å². The maximum Gasteiger partial charge on any atom is 0.339 e. The molecule has 0 saturated heterocycles. The van der Waals surface area contributed by atoms with Gasteiger partial charge in [-0.1, -0.05) is 57.5 Å². The number of nitrogens with two attached hydrogens (primary N) is 1. The second-order valence-corrected chi connectivity index (χ2v) is 9.43. The number of esters is 1. The third-order valence-corrected chi connectivity index (χ3v) is 5.16. The maximum atomic E-state index is 15.2. The Morgan fingerprint density at radius 2 is 1.75 bits per heavy atom. The van der Waals surface area contributed by atoms with Gasteiger partial charge in [0, 0.05) is 12.1 Å². The summed E-state index contributed by atoms with van der Waals surface area (Å²) in [5.74, 6) is -0.828. The van der Waals surface area contributed by atoms with Crippen LogP contribution in [0.15, 0.2) is 42.5 Å². The van der Waals surface area contributed by atoms with Crippen molar-refractivity contribution in [3.8, 4) is 17.1 Å². The Kier molecular flexibility index (Phi) is 10.7. The maximum absolute atomic E-state index is 15.2. The summed E-state index contributed by atoms with van der Waals surface area (Å²) >= 11 is 0. The van der Waals surface area contributed by atoms with Crippen LogP contribution in [0.3, 0.4) is 0 Å². The van der Waals surface area contributed by atoms with E-state index in [0.717, 1.165) is 11.4 Å². The molecular weight excluding hydrogens is 457 g/mol. The molecule has 0 fully saturated rings. The van der Waals surface area contributed by atoms with E-state index in [1.165, 1.54) is 12.5 Å². The molecule has 1 heterocycles. The highest BCUT2D eigenvalue weighted by molar-refractivity contribution is 5.97. The summed E-state index contributed by atoms with van der Waals surface area (Å²) in [7, 11) is 0. The summed E-state index contributed by atoms with van der Waals surface area (Å²) in [5, 5.41) is 0. The zero-order valence-electron chi connectivity index (χ0n) is 22.7. The molecule has 0 saturated carbocycles. The molecule has 0 bridgehead atoms. The predicted octanol–water partition coefficient (Wildman–Crippen LogP) is 6.53. The number of aromatic nitrogens is 2. The van der Waals surface area contributed by atoms with Crippen LogP contribution in [0, 0.1) is 5.82 Å². The van der Waals surface area contributed by atoms with Crippen molar-refractivity contribution < 1.29 is 18.7 Å². The van der Waals surface area contributed by atoms with Gasteiger partial charge in [0.2, 0.25) is 0 Å². The van der Waals surface area contributed by atoms with E-state index in [1.807, 2.05) is 51.3 Å². The number of nitrogens with zero attached hydrogens (tertiary/aromatic N) is 2. The van der Waals surface area contributed by atoms with E-state index in [4.69, 9.17) is 15.2 Å². The Hall–Kier alpha value is -3.19. The summed E-state index contributed by atoms with van der Waals surface area (Å²) in [6, 6.07) is 12.5. The van der Waals surface area contributed by atoms with Gasteiger partial charge < -0.3 is 15.2 Å². The average Bonchev–Trinajstić information content (AvgIpc) is 3.16. The van der Waals surface area contributed by atoms with Gasteiger partial charge in [0.1, 0.15) is 11.4 Å². The quantitative estimate of drug-likeness (QED) is 0.358. The molecule has 0 radical (unpaired) electrons. The fourth-order valence-corrected chi connectivity index (χ4v) is 3.68. The molecule has 3 aromatic rings. The standard InChI is InChI=1S/C26H32FN3O3.C3H8/c1-6-22-23(15-28)30(25(29-22)32-7-2)16-18-13-12-17(14-21(18)27)19-10-8-9-11-20(19)24(31)33-26(3,4)5;1-3-2/h8-14H,6-7,15-16,28H2,1-5H3;3H2,1-2H3. The van der Waals surface area contributed by atoms with Crippen molar-refractivity contribution in [1.29, 1.82) is 0 Å². The van der Waals surface area contributed by atoms with E-state index in [2.05, 4.69) is 18.8 Å². The number of carbonyl (C=O) groups excluding carboxylic acids is 1. The fourth-order valence-electron chi connectivity index (χ4n) is 3.68. The monoisotopic (exact) mass is 497 g/mol. The fraction of sp³-hybridized carbons (Fsp3) is 0.448. The molecule has 0 aliphatic carbocycles. The molecule has 2 N–H and O–H groups in total. The molecular formula is C29H40FN3O3. The average molecular weight is 498 g/mol. The number of hydrogen-bond donors (Lipinski definition) is 1. The van der Waals surface area contributed by atoms with Gasteiger partial charge in [0.15, 0.2) is 0 Å². The zero-order valence-corrected chi connectivity index (χ0v) is 22.7. The minimum absolute atomic E-state index is 0.245. The van der Waals surface area contributed by atoms with Gasteiger partial charge >= 0.3 is 5.97 Å². The first kappa shape index (κ1) is 29.0. The van der Waals surface area contributed by atoms with Gasteiger partial charge in [-0.2, -0.15) is 4.98 Å². The van der Waals surface area contributed by atoms with Crippen LogP contribution in [0.25, 0.3) is 11.1 Å². The van der Waals surface area contributed by atoms with Crippen LogP contribution < -0.4 is 10.5 Å². The highest BCUT2D eigenvalue weighted by Crippen LogP contribution is 2.29. The Bertz CT molecular complexity index is 1150. The van der Waals surface area contributed by atoms with Gasteiger partial charge in [0.25, 0.3) is 6.01 Å². The lowest BCUT2D eigenvalue weighted by Crippen LogP contribution is -2.24. The third kappa shape index (κ3) is 7.40. The Labute approximate surface area is 214 Å². The number of aryl methyl sites for hydroxylation is 1. The van der Waals surface area contributed by atoms with Crippen molar-refractivity contribution in [3.05, 3.63) is 70.8 Å². The number of ether oxygens (including phenoxy) is 2. The molecule has 0 atom stereocenters. The highest BCUT2D eigenvalue weighted by atomic mass is 19.1. The Balaban J connectivity index is 0.00000145. The topological polar surface area (TPSA) is 79.4 Å². The smallest absolute Gasteiger partial charge is 0.339 e. The van der Waals surface area contributed by atoms with Crippen LogP contribution in [0.1, 0.15) is 82.2 Å². The van der Waals surface area contributed by atoms with E-state index in [-0.39, 0.29) is 18.9 Å². The molecule has 6 nitrogen and oxygen atoms in total. The van der Waals surface area contributed by atoms with Crippen LogP contribution in [0.4, 0.5) is 4.39 Å². The summed E-state index contributed by atoms with van der Waals surface area (Å²) in [5.41, 5.74) is 9.11. The van der Waals surface area contributed by atoms with E-state index < -0.39 is 11.6 Å². The summed E-state index contributed by atoms with van der Waals surface area (Å²) in [6.07, 6.45) is 1.96. The van der Waals surface area contributed by atoms with E-state index in [9.17, 15) is 4.79 Å². The number of rotatable bonds is 8. The number of halogens is 1. The predicted molar refractivity (Wildman–Crippen MR) is 143 cm³/mol. The van der Waals surface area contributed by atoms with Crippen LogP contribution in [-0.4, -0.2) is 27.7 Å². The van der Waals surface area contributed by atoms with Crippen molar-refractivity contribution in [1.82, 2.24) is 9.55 Å². The molecule has 0 spiro atoms. The Morgan fingerprint density at radius 3 is 2.31 bits per heavy atom. The van der Waals surface area contributed by atoms with Crippen molar-refractivity contribution in [2.75, 3.05) is 6.61 Å². The molecule has 0 aliphatic rings. The van der Waals surface area contributed by atoms with Gasteiger partial charge in [-0.15, -0.1) is 0 Å². The normalized spacial score (nSPS) is 11.0. The van der Waals surface area contributed by atoms with Crippen molar-refractivity contribution in [2.24, 2.45) is 5.73 Å². The van der Waals surface area contributed by atoms with Crippen molar-refractivity contribution in [3.63, 3.8) is 0 Å². The summed E-state index contributed by atoms with van der Waals surface area (Å²) in [4.78, 5) is 17.2. The van der Waals surface area contributed by atoms with Gasteiger partial charge in [0.05, 0.1) is 30.1 Å². The zero-order chi connectivity index (χ0) is 26.9. The molecule has 0 unspecified atom stereocenters. The number of carbonyl (C=O) groups is 1. The minimum Gasteiger partial charge on any atom is -0.465 e. The third-order valence-electron chi connectivity index (χ3n) is 5.16. The molecule has 1 aromatic heterocycles. The molecule has 0 amide bonds. The number of benzene rings is 2. The molecule has 196 valence electrons. The van der Waals surface area contributed by atoms with E-state index in [0.29, 0.717) is 41.3 Å². The molecule has 7 heteroatoms. The second kappa shape index (κ2) is 13.2. The largest absolute Gasteiger partial charge is 0.465 e. The lowest BCUT2D eigenvalue weighted by molar-refractivity contribution is 0.00704. The first-order chi connectivity index (χ1) is 17.1. The SMILES string of the molecule is CCC.CCOc1nc(CC)c(CN)n1Cc1ccc(-c2ccccc2C(=O)OC(C)(C)C)cc1F.